The molecule has 0 amide bonds. The Labute approximate surface area is 124 Å². The molecule has 1 unspecified atom stereocenters. The number of carbonyl (C=O) groups excluding carboxylic acids is 1. The van der Waals surface area contributed by atoms with Gasteiger partial charge < -0.3 is 9.47 Å². The van der Waals surface area contributed by atoms with Crippen LogP contribution < -0.4 is 0 Å². The molecule has 0 bridgehead atoms. The van der Waals surface area contributed by atoms with Crippen molar-refractivity contribution in [1.82, 2.24) is 25.1 Å². The van der Waals surface area contributed by atoms with Gasteiger partial charge in [0.15, 0.2) is 5.82 Å². The van der Waals surface area contributed by atoms with E-state index >= 15 is 0 Å². The summed E-state index contributed by atoms with van der Waals surface area (Å²) < 4.78 is 9.74. The number of likely N-dealkylation sites (tertiary alicyclic amines) is 1. The maximum absolute atomic E-state index is 11.2. The van der Waals surface area contributed by atoms with E-state index in [0.717, 1.165) is 13.1 Å². The van der Waals surface area contributed by atoms with E-state index in [1.54, 1.807) is 13.8 Å². The Hall–Kier alpha value is -1.70. The van der Waals surface area contributed by atoms with Gasteiger partial charge in [0.1, 0.15) is 0 Å². The van der Waals surface area contributed by atoms with Crippen LogP contribution in [0, 0.1) is 0 Å². The third-order valence-corrected chi connectivity index (χ3v) is 3.49. The van der Waals surface area contributed by atoms with Crippen LogP contribution >= 0.6 is 0 Å². The van der Waals surface area contributed by atoms with Crippen molar-refractivity contribution in [1.29, 1.82) is 0 Å². The molecule has 1 aromatic rings. The first-order chi connectivity index (χ1) is 9.81. The van der Waals surface area contributed by atoms with E-state index in [1.165, 1.54) is 4.80 Å². The fourth-order valence-electron chi connectivity index (χ4n) is 2.08. The molecule has 21 heavy (non-hydrogen) atoms. The van der Waals surface area contributed by atoms with E-state index in [9.17, 15) is 4.79 Å². The van der Waals surface area contributed by atoms with Crippen LogP contribution in [-0.4, -0.2) is 56.5 Å². The Balaban J connectivity index is 1.89. The summed E-state index contributed by atoms with van der Waals surface area (Å²) in [4.78, 5) is 14.9. The van der Waals surface area contributed by atoms with Crippen LogP contribution in [0.3, 0.4) is 0 Å². The second-order valence-corrected chi connectivity index (χ2v) is 6.14. The Morgan fingerprint density at radius 2 is 2.10 bits per heavy atom. The number of tetrazole rings is 1. The molecule has 1 aromatic heterocycles. The smallest absolute Gasteiger partial charge is 0.435 e. The topological polar surface area (TPSA) is 82.4 Å². The van der Waals surface area contributed by atoms with Crippen molar-refractivity contribution in [3.8, 4) is 0 Å². The van der Waals surface area contributed by atoms with E-state index in [-0.39, 0.29) is 18.1 Å². The van der Waals surface area contributed by atoms with Crippen molar-refractivity contribution < 1.29 is 14.3 Å². The zero-order valence-electron chi connectivity index (χ0n) is 13.2. The van der Waals surface area contributed by atoms with E-state index in [4.69, 9.17) is 9.47 Å². The maximum atomic E-state index is 11.2. The van der Waals surface area contributed by atoms with Crippen molar-refractivity contribution in [3.63, 3.8) is 0 Å². The van der Waals surface area contributed by atoms with Crippen molar-refractivity contribution in [2.75, 3.05) is 19.7 Å². The third-order valence-electron chi connectivity index (χ3n) is 3.49. The van der Waals surface area contributed by atoms with Crippen molar-refractivity contribution in [2.24, 2.45) is 0 Å². The summed E-state index contributed by atoms with van der Waals surface area (Å²) in [5.74, 6) is 0.975. The third kappa shape index (κ3) is 3.69. The largest absolute Gasteiger partial charge is 0.510 e. The summed E-state index contributed by atoms with van der Waals surface area (Å²) in [6.07, 6.45) is -1.37. The monoisotopic (exact) mass is 297 g/mol. The fourth-order valence-corrected chi connectivity index (χ4v) is 2.08. The molecule has 0 N–H and O–H groups in total. The second-order valence-electron chi connectivity index (χ2n) is 6.14. The number of carbonyl (C=O) groups is 1. The Morgan fingerprint density at radius 1 is 1.43 bits per heavy atom. The molecule has 118 valence electrons. The highest BCUT2D eigenvalue weighted by Gasteiger charge is 2.37. The zero-order valence-corrected chi connectivity index (χ0v) is 13.2. The first kappa shape index (κ1) is 15.7. The van der Waals surface area contributed by atoms with Crippen LogP contribution in [0.1, 0.15) is 52.6 Å². The number of ether oxygens (including phenoxy) is 2. The van der Waals surface area contributed by atoms with Gasteiger partial charge in [-0.2, -0.15) is 0 Å². The van der Waals surface area contributed by atoms with E-state index in [0.29, 0.717) is 5.82 Å². The first-order valence-corrected chi connectivity index (χ1v) is 7.19. The SMILES string of the molecule is CCOC(=O)OC(C)n1nnc(C2CN(C(C)(C)C)C2)n1. The van der Waals surface area contributed by atoms with Crippen molar-refractivity contribution >= 4 is 6.16 Å². The summed E-state index contributed by atoms with van der Waals surface area (Å²) in [6.45, 7) is 12.0. The van der Waals surface area contributed by atoms with Crippen LogP contribution in [0.4, 0.5) is 4.79 Å². The van der Waals surface area contributed by atoms with Gasteiger partial charge in [-0.3, -0.25) is 4.90 Å². The minimum Gasteiger partial charge on any atom is -0.435 e. The summed E-state index contributed by atoms with van der Waals surface area (Å²) in [6, 6.07) is 0. The molecule has 0 aromatic carbocycles. The van der Waals surface area contributed by atoms with Gasteiger partial charge in [-0.25, -0.2) is 4.79 Å². The van der Waals surface area contributed by atoms with Crippen LogP contribution in [-0.2, 0) is 9.47 Å². The molecular formula is C13H23N5O3. The molecule has 2 heterocycles. The van der Waals surface area contributed by atoms with Crippen LogP contribution in [0.2, 0.25) is 0 Å². The van der Waals surface area contributed by atoms with E-state index in [2.05, 4.69) is 41.1 Å². The quantitative estimate of drug-likeness (QED) is 0.780. The molecule has 0 radical (unpaired) electrons. The molecule has 1 aliphatic heterocycles. The number of nitrogens with zero attached hydrogens (tertiary/aromatic N) is 5. The predicted molar refractivity (Wildman–Crippen MR) is 74.7 cm³/mol. The van der Waals surface area contributed by atoms with Gasteiger partial charge in [-0.15, -0.1) is 15.0 Å². The summed E-state index contributed by atoms with van der Waals surface area (Å²) in [5, 5.41) is 12.3. The highest BCUT2D eigenvalue weighted by atomic mass is 16.7. The zero-order chi connectivity index (χ0) is 15.6. The van der Waals surface area contributed by atoms with Gasteiger partial charge in [0.05, 0.1) is 6.61 Å². The van der Waals surface area contributed by atoms with Crippen LogP contribution in [0.25, 0.3) is 0 Å². The maximum Gasteiger partial charge on any atom is 0.510 e. The Morgan fingerprint density at radius 3 is 2.67 bits per heavy atom. The normalized spacial score (nSPS) is 18.1. The molecular weight excluding hydrogens is 274 g/mol. The molecule has 1 atom stereocenters. The fraction of sp³-hybridized carbons (Fsp3) is 0.846. The second kappa shape index (κ2) is 5.97. The molecule has 1 aliphatic rings. The highest BCUT2D eigenvalue weighted by molar-refractivity contribution is 5.59. The first-order valence-electron chi connectivity index (χ1n) is 7.19. The van der Waals surface area contributed by atoms with Crippen LogP contribution in [0.5, 0.6) is 0 Å². The van der Waals surface area contributed by atoms with Crippen molar-refractivity contribution in [2.45, 2.75) is 52.3 Å². The van der Waals surface area contributed by atoms with Gasteiger partial charge in [0.25, 0.3) is 0 Å². The van der Waals surface area contributed by atoms with Gasteiger partial charge in [-0.1, -0.05) is 0 Å². The number of rotatable bonds is 4. The molecule has 8 heteroatoms. The molecule has 0 spiro atoms. The average Bonchev–Trinajstić information content (AvgIpc) is 2.74. The summed E-state index contributed by atoms with van der Waals surface area (Å²) in [5.41, 5.74) is 0.160. The average molecular weight is 297 g/mol. The van der Waals surface area contributed by atoms with E-state index < -0.39 is 12.4 Å². The minimum atomic E-state index is -0.730. The van der Waals surface area contributed by atoms with E-state index in [1.807, 2.05) is 0 Å². The lowest BCUT2D eigenvalue weighted by molar-refractivity contribution is -0.00570. The predicted octanol–water partition coefficient (Wildman–Crippen LogP) is 1.56. The summed E-state index contributed by atoms with van der Waals surface area (Å²) in [7, 11) is 0. The molecule has 8 nitrogen and oxygen atoms in total. The molecule has 0 aliphatic carbocycles. The van der Waals surface area contributed by atoms with Gasteiger partial charge in [0.2, 0.25) is 6.23 Å². The standard InChI is InChI=1S/C13H23N5O3/c1-6-20-12(19)21-9(2)18-15-11(14-16-18)10-7-17(8-10)13(3,4)5/h9-10H,6-8H2,1-5H3. The lowest BCUT2D eigenvalue weighted by Crippen LogP contribution is -2.54. The Kier molecular flexibility index (Phi) is 4.46. The highest BCUT2D eigenvalue weighted by Crippen LogP contribution is 2.30. The van der Waals surface area contributed by atoms with Gasteiger partial charge in [-0.05, 0) is 39.8 Å². The summed E-state index contributed by atoms with van der Waals surface area (Å²) >= 11 is 0. The van der Waals surface area contributed by atoms with Gasteiger partial charge in [0, 0.05) is 24.5 Å². The molecule has 2 rings (SSSR count). The minimum absolute atomic E-state index is 0.160. The molecule has 1 saturated heterocycles. The van der Waals surface area contributed by atoms with Crippen LogP contribution in [0.15, 0.2) is 0 Å². The number of aromatic nitrogens is 4. The lowest BCUT2D eigenvalue weighted by atomic mass is 9.92. The molecule has 1 fully saturated rings. The van der Waals surface area contributed by atoms with Crippen molar-refractivity contribution in [3.05, 3.63) is 5.82 Å². The number of hydrogen-bond donors (Lipinski definition) is 0. The lowest BCUT2D eigenvalue weighted by Gasteiger charge is -2.46. The number of hydrogen-bond acceptors (Lipinski definition) is 7. The molecule has 0 saturated carbocycles. The Bertz CT molecular complexity index is 490. The van der Waals surface area contributed by atoms with Gasteiger partial charge >= 0.3 is 6.16 Å².